The summed E-state index contributed by atoms with van der Waals surface area (Å²) in [6.45, 7) is 0.226. The Kier molecular flexibility index (Phi) is 3.83. The number of hydrogen-bond donors (Lipinski definition) is 1. The predicted octanol–water partition coefficient (Wildman–Crippen LogP) is 2.04. The van der Waals surface area contributed by atoms with Crippen molar-refractivity contribution in [3.05, 3.63) is 60.4 Å². The number of ether oxygens (including phenoxy) is 2. The Balaban J connectivity index is 1.40. The molecule has 0 saturated carbocycles. The van der Waals surface area contributed by atoms with Crippen LogP contribution >= 0.6 is 0 Å². The van der Waals surface area contributed by atoms with Gasteiger partial charge in [0.25, 0.3) is 0 Å². The third kappa shape index (κ3) is 3.32. The zero-order chi connectivity index (χ0) is 17.1. The quantitative estimate of drug-likeness (QED) is 0.734. The van der Waals surface area contributed by atoms with E-state index in [4.69, 9.17) is 9.47 Å². The summed E-state index contributed by atoms with van der Waals surface area (Å²) in [5.41, 5.74) is 2.34. The average Bonchev–Trinajstić information content (AvgIpc) is 3.32. The Morgan fingerprint density at radius 3 is 2.76 bits per heavy atom. The Labute approximate surface area is 142 Å². The number of hydrogen-bond acceptors (Lipinski definition) is 6. The average molecular weight is 335 g/mol. The lowest BCUT2D eigenvalue weighted by Gasteiger charge is -2.04. The second kappa shape index (κ2) is 6.44. The molecule has 0 atom stereocenters. The fourth-order valence-corrected chi connectivity index (χ4v) is 2.35. The van der Waals surface area contributed by atoms with Crippen molar-refractivity contribution in [1.82, 2.24) is 20.2 Å². The summed E-state index contributed by atoms with van der Waals surface area (Å²) in [6.07, 6.45) is 4.68. The van der Waals surface area contributed by atoms with Crippen LogP contribution in [0.15, 0.2) is 54.9 Å². The molecule has 4 rings (SSSR count). The van der Waals surface area contributed by atoms with Gasteiger partial charge in [-0.05, 0) is 58.5 Å². The molecule has 2 heterocycles. The van der Waals surface area contributed by atoms with Crippen LogP contribution in [-0.2, 0) is 4.79 Å². The molecule has 3 aromatic rings. The Hall–Kier alpha value is -3.68. The maximum atomic E-state index is 12.0. The number of nitrogens with one attached hydrogen (secondary N) is 1. The number of aromatic nitrogens is 4. The number of carbonyl (C=O) groups is 1. The molecular formula is C17H13N5O3. The SMILES string of the molecule is O=C(C=Cc1ccc2c(c1)OCO2)Nc1ccc(-n2cnnn2)cc1. The molecule has 1 aromatic heterocycles. The van der Waals surface area contributed by atoms with Gasteiger partial charge < -0.3 is 14.8 Å². The van der Waals surface area contributed by atoms with Crippen molar-refractivity contribution >= 4 is 17.7 Å². The monoisotopic (exact) mass is 335 g/mol. The molecule has 0 unspecified atom stereocenters. The van der Waals surface area contributed by atoms with Crippen LogP contribution in [0.25, 0.3) is 11.8 Å². The van der Waals surface area contributed by atoms with Crippen molar-refractivity contribution in [3.63, 3.8) is 0 Å². The minimum Gasteiger partial charge on any atom is -0.454 e. The summed E-state index contributed by atoms with van der Waals surface area (Å²) in [5, 5.41) is 13.8. The third-order valence-corrected chi connectivity index (χ3v) is 3.57. The zero-order valence-electron chi connectivity index (χ0n) is 13.0. The van der Waals surface area contributed by atoms with E-state index in [-0.39, 0.29) is 12.7 Å². The molecule has 124 valence electrons. The van der Waals surface area contributed by atoms with Gasteiger partial charge in [-0.25, -0.2) is 4.68 Å². The van der Waals surface area contributed by atoms with Crippen LogP contribution in [0.2, 0.25) is 0 Å². The minimum absolute atomic E-state index is 0.226. The molecule has 0 fully saturated rings. The number of amides is 1. The van der Waals surface area contributed by atoms with Gasteiger partial charge in [-0.15, -0.1) is 5.10 Å². The highest BCUT2D eigenvalue weighted by Gasteiger charge is 2.12. The first-order chi connectivity index (χ1) is 12.3. The van der Waals surface area contributed by atoms with Crippen molar-refractivity contribution < 1.29 is 14.3 Å². The van der Waals surface area contributed by atoms with Crippen LogP contribution in [-0.4, -0.2) is 32.9 Å². The Morgan fingerprint density at radius 2 is 1.96 bits per heavy atom. The molecule has 8 heteroatoms. The maximum Gasteiger partial charge on any atom is 0.248 e. The van der Waals surface area contributed by atoms with E-state index in [0.29, 0.717) is 17.2 Å². The highest BCUT2D eigenvalue weighted by Crippen LogP contribution is 2.32. The normalized spacial score (nSPS) is 12.5. The highest BCUT2D eigenvalue weighted by atomic mass is 16.7. The van der Waals surface area contributed by atoms with E-state index in [2.05, 4.69) is 20.8 Å². The number of fused-ring (bicyclic) bond motifs is 1. The first-order valence-electron chi connectivity index (χ1n) is 7.50. The molecule has 8 nitrogen and oxygen atoms in total. The molecular weight excluding hydrogens is 322 g/mol. The van der Waals surface area contributed by atoms with Crippen LogP contribution in [0.5, 0.6) is 11.5 Å². The fourth-order valence-electron chi connectivity index (χ4n) is 2.35. The van der Waals surface area contributed by atoms with E-state index in [1.54, 1.807) is 18.2 Å². The van der Waals surface area contributed by atoms with Gasteiger partial charge in [0.15, 0.2) is 11.5 Å². The van der Waals surface area contributed by atoms with E-state index in [0.717, 1.165) is 11.3 Å². The van der Waals surface area contributed by atoms with Gasteiger partial charge in [0.2, 0.25) is 12.7 Å². The smallest absolute Gasteiger partial charge is 0.248 e. The van der Waals surface area contributed by atoms with Gasteiger partial charge in [0, 0.05) is 11.8 Å². The molecule has 0 aliphatic carbocycles. The van der Waals surface area contributed by atoms with E-state index < -0.39 is 0 Å². The number of carbonyl (C=O) groups excluding carboxylic acids is 1. The van der Waals surface area contributed by atoms with Crippen LogP contribution in [0.4, 0.5) is 5.69 Å². The van der Waals surface area contributed by atoms with Gasteiger partial charge in [0.05, 0.1) is 5.69 Å². The summed E-state index contributed by atoms with van der Waals surface area (Å²) in [5.74, 6) is 1.16. The summed E-state index contributed by atoms with van der Waals surface area (Å²) in [4.78, 5) is 12.0. The van der Waals surface area contributed by atoms with E-state index in [9.17, 15) is 4.79 Å². The topological polar surface area (TPSA) is 91.2 Å². The first-order valence-corrected chi connectivity index (χ1v) is 7.50. The van der Waals surface area contributed by atoms with E-state index in [1.807, 2.05) is 30.3 Å². The third-order valence-electron chi connectivity index (χ3n) is 3.57. The molecule has 2 aromatic carbocycles. The Bertz CT molecular complexity index is 920. The minimum atomic E-state index is -0.229. The molecule has 25 heavy (non-hydrogen) atoms. The first kappa shape index (κ1) is 14.9. The van der Waals surface area contributed by atoms with Crippen molar-refractivity contribution in [2.24, 2.45) is 0 Å². The molecule has 1 N–H and O–H groups in total. The van der Waals surface area contributed by atoms with Gasteiger partial charge in [0.1, 0.15) is 6.33 Å². The van der Waals surface area contributed by atoms with Crippen molar-refractivity contribution in [2.75, 3.05) is 12.1 Å². The number of benzene rings is 2. The van der Waals surface area contributed by atoms with Gasteiger partial charge >= 0.3 is 0 Å². The lowest BCUT2D eigenvalue weighted by atomic mass is 10.2. The molecule has 1 aliphatic rings. The van der Waals surface area contributed by atoms with Crippen LogP contribution < -0.4 is 14.8 Å². The van der Waals surface area contributed by atoms with Crippen molar-refractivity contribution in [1.29, 1.82) is 0 Å². The lowest BCUT2D eigenvalue weighted by Crippen LogP contribution is -2.07. The maximum absolute atomic E-state index is 12.0. The van der Waals surface area contributed by atoms with Gasteiger partial charge in [-0.2, -0.15) is 0 Å². The standard InChI is InChI=1S/C17H13N5O3/c23-17(8-2-12-1-7-15-16(9-12)25-11-24-15)19-13-3-5-14(6-4-13)22-10-18-20-21-22/h1-10H,11H2,(H,19,23). The highest BCUT2D eigenvalue weighted by molar-refractivity contribution is 6.02. The molecule has 1 amide bonds. The largest absolute Gasteiger partial charge is 0.454 e. The number of tetrazole rings is 1. The van der Waals surface area contributed by atoms with Crippen LogP contribution in [0.1, 0.15) is 5.56 Å². The van der Waals surface area contributed by atoms with E-state index >= 15 is 0 Å². The summed E-state index contributed by atoms with van der Waals surface area (Å²) in [6, 6.07) is 12.7. The molecule has 0 bridgehead atoms. The molecule has 0 saturated heterocycles. The van der Waals surface area contributed by atoms with Gasteiger partial charge in [-0.1, -0.05) is 6.07 Å². The lowest BCUT2D eigenvalue weighted by molar-refractivity contribution is -0.111. The van der Waals surface area contributed by atoms with Crippen molar-refractivity contribution in [2.45, 2.75) is 0 Å². The second-order valence-corrected chi connectivity index (χ2v) is 5.24. The van der Waals surface area contributed by atoms with Crippen LogP contribution in [0.3, 0.4) is 0 Å². The Morgan fingerprint density at radius 1 is 1.12 bits per heavy atom. The summed E-state index contributed by atoms with van der Waals surface area (Å²) in [7, 11) is 0. The fraction of sp³-hybridized carbons (Fsp3) is 0.0588. The zero-order valence-corrected chi connectivity index (χ0v) is 13.0. The number of nitrogens with zero attached hydrogens (tertiary/aromatic N) is 4. The summed E-state index contributed by atoms with van der Waals surface area (Å²) >= 11 is 0. The van der Waals surface area contributed by atoms with Gasteiger partial charge in [-0.3, -0.25) is 4.79 Å². The van der Waals surface area contributed by atoms with Crippen molar-refractivity contribution in [3.8, 4) is 17.2 Å². The predicted molar refractivity (Wildman–Crippen MR) is 89.4 cm³/mol. The molecule has 0 radical (unpaired) electrons. The summed E-state index contributed by atoms with van der Waals surface area (Å²) < 4.78 is 12.1. The number of anilines is 1. The second-order valence-electron chi connectivity index (χ2n) is 5.24. The molecule has 0 spiro atoms. The number of rotatable bonds is 4. The van der Waals surface area contributed by atoms with Crippen LogP contribution in [0, 0.1) is 0 Å². The molecule has 1 aliphatic heterocycles. The van der Waals surface area contributed by atoms with E-state index in [1.165, 1.54) is 17.1 Å².